The first kappa shape index (κ1) is 23.5. The lowest BCUT2D eigenvalue weighted by atomic mass is 9.96. The van der Waals surface area contributed by atoms with Gasteiger partial charge in [-0.05, 0) is 55.0 Å². The van der Waals surface area contributed by atoms with Gasteiger partial charge in [0.05, 0.1) is 0 Å². The van der Waals surface area contributed by atoms with E-state index in [0.29, 0.717) is 24.0 Å². The standard InChI is InChI=1S/C24H34N4S.HI/c1-18(13-23-9-6-12-29-23)16-26-24(25-2)27-20-14-21-10-11-22(15-20)28(21)17-19-7-4-3-5-8-19;/h3-9,12,18,20-22H,10-11,13-17H2,1-2H3,(H2,25,26,27);1H. The Morgan fingerprint density at radius 2 is 1.87 bits per heavy atom. The molecule has 2 bridgehead atoms. The SMILES string of the molecule is CN=C(NCC(C)Cc1cccs1)NC1CC2CCC(C1)N2Cc1ccccc1.I. The maximum Gasteiger partial charge on any atom is 0.191 e. The van der Waals surface area contributed by atoms with Gasteiger partial charge in [0.15, 0.2) is 5.96 Å². The molecule has 1 aromatic carbocycles. The number of nitrogens with one attached hydrogen (secondary N) is 2. The molecule has 0 amide bonds. The summed E-state index contributed by atoms with van der Waals surface area (Å²) >= 11 is 1.85. The van der Waals surface area contributed by atoms with E-state index in [0.717, 1.165) is 25.5 Å². The van der Waals surface area contributed by atoms with Crippen LogP contribution >= 0.6 is 35.3 Å². The summed E-state index contributed by atoms with van der Waals surface area (Å²) in [5, 5.41) is 9.44. The lowest BCUT2D eigenvalue weighted by Crippen LogP contribution is -2.52. The number of aliphatic imine (C=N–C) groups is 1. The Morgan fingerprint density at radius 1 is 1.13 bits per heavy atom. The minimum atomic E-state index is 0. The first-order chi connectivity index (χ1) is 14.2. The van der Waals surface area contributed by atoms with Crippen LogP contribution in [-0.2, 0) is 13.0 Å². The van der Waals surface area contributed by atoms with E-state index < -0.39 is 0 Å². The van der Waals surface area contributed by atoms with Crippen molar-refractivity contribution in [2.75, 3.05) is 13.6 Å². The van der Waals surface area contributed by atoms with E-state index in [1.165, 1.54) is 36.1 Å². The van der Waals surface area contributed by atoms with Gasteiger partial charge in [-0.2, -0.15) is 0 Å². The van der Waals surface area contributed by atoms with Gasteiger partial charge in [-0.25, -0.2) is 0 Å². The van der Waals surface area contributed by atoms with Crippen LogP contribution < -0.4 is 10.6 Å². The highest BCUT2D eigenvalue weighted by atomic mass is 127. The first-order valence-corrected chi connectivity index (χ1v) is 11.9. The van der Waals surface area contributed by atoms with Crippen molar-refractivity contribution in [3.63, 3.8) is 0 Å². The third-order valence-corrected chi connectivity index (χ3v) is 7.30. The second-order valence-electron chi connectivity index (χ2n) is 8.70. The van der Waals surface area contributed by atoms with Crippen molar-refractivity contribution in [3.8, 4) is 0 Å². The van der Waals surface area contributed by atoms with Gasteiger partial charge in [0.25, 0.3) is 0 Å². The Morgan fingerprint density at radius 3 is 2.50 bits per heavy atom. The molecule has 6 heteroatoms. The molecule has 3 heterocycles. The molecule has 2 aromatic rings. The fraction of sp³-hybridized carbons (Fsp3) is 0.542. The summed E-state index contributed by atoms with van der Waals surface area (Å²) in [5.74, 6) is 1.56. The van der Waals surface area contributed by atoms with Crippen molar-refractivity contribution in [1.29, 1.82) is 0 Å². The summed E-state index contributed by atoms with van der Waals surface area (Å²) in [7, 11) is 1.89. The molecule has 1 aromatic heterocycles. The second kappa shape index (κ2) is 11.5. The largest absolute Gasteiger partial charge is 0.356 e. The van der Waals surface area contributed by atoms with Gasteiger partial charge >= 0.3 is 0 Å². The molecule has 2 aliphatic rings. The Bertz CT molecular complexity index is 766. The third-order valence-electron chi connectivity index (χ3n) is 6.40. The molecular weight excluding hydrogens is 503 g/mol. The van der Waals surface area contributed by atoms with Crippen LogP contribution in [-0.4, -0.2) is 42.6 Å². The van der Waals surface area contributed by atoms with E-state index in [1.54, 1.807) is 0 Å². The average Bonchev–Trinajstić information content (AvgIpc) is 3.31. The molecule has 2 fully saturated rings. The number of thiophene rings is 1. The zero-order chi connectivity index (χ0) is 20.1. The van der Waals surface area contributed by atoms with E-state index in [2.05, 4.69) is 75.3 Å². The molecule has 164 valence electrons. The minimum Gasteiger partial charge on any atom is -0.356 e. The van der Waals surface area contributed by atoms with Crippen LogP contribution in [0.1, 0.15) is 43.0 Å². The van der Waals surface area contributed by atoms with Crippen LogP contribution in [0, 0.1) is 5.92 Å². The monoisotopic (exact) mass is 538 g/mol. The average molecular weight is 539 g/mol. The van der Waals surface area contributed by atoms with Gasteiger partial charge in [0, 0.05) is 43.1 Å². The summed E-state index contributed by atoms with van der Waals surface area (Å²) in [6.45, 7) is 4.36. The Labute approximate surface area is 202 Å². The van der Waals surface area contributed by atoms with Crippen LogP contribution in [0.25, 0.3) is 0 Å². The number of rotatable bonds is 7. The summed E-state index contributed by atoms with van der Waals surface area (Å²) in [6, 6.07) is 17.2. The maximum atomic E-state index is 4.49. The Balaban J connectivity index is 0.00000256. The lowest BCUT2D eigenvalue weighted by molar-refractivity contribution is 0.114. The van der Waals surface area contributed by atoms with Crippen LogP contribution in [0.15, 0.2) is 52.8 Å². The molecule has 4 nitrogen and oxygen atoms in total. The van der Waals surface area contributed by atoms with Gasteiger partial charge in [-0.1, -0.05) is 43.3 Å². The number of hydrogen-bond acceptors (Lipinski definition) is 3. The van der Waals surface area contributed by atoms with E-state index in [4.69, 9.17) is 0 Å². The van der Waals surface area contributed by atoms with Crippen molar-refractivity contribution < 1.29 is 0 Å². The molecule has 0 radical (unpaired) electrons. The normalized spacial score (nSPS) is 24.9. The first-order valence-electron chi connectivity index (χ1n) is 11.0. The van der Waals surface area contributed by atoms with E-state index in [1.807, 2.05) is 18.4 Å². The molecule has 2 N–H and O–H groups in total. The number of hydrogen-bond donors (Lipinski definition) is 2. The number of piperidine rings is 1. The van der Waals surface area contributed by atoms with Crippen molar-refractivity contribution in [3.05, 3.63) is 58.3 Å². The van der Waals surface area contributed by atoms with Crippen LogP contribution in [0.3, 0.4) is 0 Å². The quantitative estimate of drug-likeness (QED) is 0.299. The number of guanidine groups is 1. The summed E-state index contributed by atoms with van der Waals surface area (Å²) in [4.78, 5) is 8.70. The smallest absolute Gasteiger partial charge is 0.191 e. The van der Waals surface area contributed by atoms with Crippen molar-refractivity contribution in [2.24, 2.45) is 10.9 Å². The number of benzene rings is 1. The minimum absolute atomic E-state index is 0. The van der Waals surface area contributed by atoms with E-state index in [9.17, 15) is 0 Å². The number of fused-ring (bicyclic) bond motifs is 2. The van der Waals surface area contributed by atoms with Crippen LogP contribution in [0.4, 0.5) is 0 Å². The Hall–Kier alpha value is -1.12. The molecule has 30 heavy (non-hydrogen) atoms. The molecular formula is C24H35IN4S. The molecule has 2 saturated heterocycles. The maximum absolute atomic E-state index is 4.49. The van der Waals surface area contributed by atoms with Crippen molar-refractivity contribution in [1.82, 2.24) is 15.5 Å². The van der Waals surface area contributed by atoms with E-state index >= 15 is 0 Å². The van der Waals surface area contributed by atoms with Crippen LogP contribution in [0.5, 0.6) is 0 Å². The fourth-order valence-corrected chi connectivity index (χ4v) is 5.82. The van der Waals surface area contributed by atoms with Gasteiger partial charge < -0.3 is 10.6 Å². The predicted octanol–water partition coefficient (Wildman–Crippen LogP) is 4.91. The predicted molar refractivity (Wildman–Crippen MR) is 139 cm³/mol. The van der Waals surface area contributed by atoms with Crippen molar-refractivity contribution >= 4 is 41.3 Å². The zero-order valence-corrected chi connectivity index (χ0v) is 21.2. The molecule has 4 rings (SSSR count). The van der Waals surface area contributed by atoms with Crippen LogP contribution in [0.2, 0.25) is 0 Å². The van der Waals surface area contributed by atoms with Crippen molar-refractivity contribution in [2.45, 2.75) is 63.7 Å². The van der Waals surface area contributed by atoms with Gasteiger partial charge in [0.2, 0.25) is 0 Å². The zero-order valence-electron chi connectivity index (χ0n) is 18.1. The topological polar surface area (TPSA) is 39.7 Å². The highest BCUT2D eigenvalue weighted by Crippen LogP contribution is 2.36. The number of nitrogens with zero attached hydrogens (tertiary/aromatic N) is 2. The molecule has 3 unspecified atom stereocenters. The third kappa shape index (κ3) is 6.20. The summed E-state index contributed by atoms with van der Waals surface area (Å²) < 4.78 is 0. The highest BCUT2D eigenvalue weighted by Gasteiger charge is 2.40. The summed E-state index contributed by atoms with van der Waals surface area (Å²) in [5.41, 5.74) is 1.44. The van der Waals surface area contributed by atoms with Gasteiger partial charge in [-0.15, -0.1) is 35.3 Å². The molecule has 0 saturated carbocycles. The number of halogens is 1. The lowest BCUT2D eigenvalue weighted by Gasteiger charge is -2.39. The van der Waals surface area contributed by atoms with Gasteiger partial charge in [0.1, 0.15) is 0 Å². The molecule has 2 aliphatic heterocycles. The fourth-order valence-electron chi connectivity index (χ4n) is 4.95. The van der Waals surface area contributed by atoms with E-state index in [-0.39, 0.29) is 24.0 Å². The Kier molecular flexibility index (Phi) is 9.01. The molecule has 0 aliphatic carbocycles. The second-order valence-corrected chi connectivity index (χ2v) is 9.73. The molecule has 3 atom stereocenters. The molecule has 0 spiro atoms. The highest BCUT2D eigenvalue weighted by molar-refractivity contribution is 14.0. The summed E-state index contributed by atoms with van der Waals surface area (Å²) in [6.07, 6.45) is 6.23. The van der Waals surface area contributed by atoms with Gasteiger partial charge in [-0.3, -0.25) is 9.89 Å².